The van der Waals surface area contributed by atoms with Crippen LogP contribution in [0.1, 0.15) is 44.9 Å². The van der Waals surface area contributed by atoms with Crippen molar-refractivity contribution in [3.63, 3.8) is 0 Å². The third-order valence-electron chi connectivity index (χ3n) is 5.43. The van der Waals surface area contributed by atoms with Crippen LogP contribution in [0.5, 0.6) is 0 Å². The molecule has 2 saturated heterocycles. The monoisotopic (exact) mass is 299 g/mol. The zero-order valence-electron chi connectivity index (χ0n) is 12.5. The van der Waals surface area contributed by atoms with Gasteiger partial charge in [0.15, 0.2) is 0 Å². The number of nitrogens with two attached hydrogens (primary N) is 1. The van der Waals surface area contributed by atoms with Gasteiger partial charge in [-0.25, -0.2) is 0 Å². The summed E-state index contributed by atoms with van der Waals surface area (Å²) >= 11 is 2.03. The van der Waals surface area contributed by atoms with Crippen LogP contribution < -0.4 is 5.73 Å². The Morgan fingerprint density at radius 3 is 2.80 bits per heavy atom. The van der Waals surface area contributed by atoms with Gasteiger partial charge in [0.25, 0.3) is 0 Å². The van der Waals surface area contributed by atoms with Gasteiger partial charge in [0, 0.05) is 18.8 Å². The largest absolute Gasteiger partial charge is 0.378 e. The fourth-order valence-electron chi connectivity index (χ4n) is 4.06. The lowest BCUT2D eigenvalue weighted by molar-refractivity contribution is -0.127. The molecule has 2 heterocycles. The van der Waals surface area contributed by atoms with Crippen LogP contribution in [-0.4, -0.2) is 43.0 Å². The van der Waals surface area contributed by atoms with Gasteiger partial charge in [-0.15, -0.1) is 0 Å². The fraction of sp³-hybridized carbons (Fsp3) is 1.00. The lowest BCUT2D eigenvalue weighted by Crippen LogP contribution is -2.43. The topological polar surface area (TPSA) is 44.5 Å². The van der Waals surface area contributed by atoms with Gasteiger partial charge >= 0.3 is 0 Å². The molecule has 3 rings (SSSR count). The van der Waals surface area contributed by atoms with Gasteiger partial charge in [0.2, 0.25) is 0 Å². The first kappa shape index (κ1) is 15.1. The molecule has 2 aliphatic heterocycles. The number of thioether (sulfide) groups is 1. The SMILES string of the molecule is NCC1CCCCC1COC1CCOC2(CCSC2)C1. The molecule has 0 aromatic heterocycles. The highest BCUT2D eigenvalue weighted by Crippen LogP contribution is 2.39. The molecule has 4 unspecified atom stereocenters. The normalized spacial score (nSPS) is 42.1. The van der Waals surface area contributed by atoms with Gasteiger partial charge in [0.05, 0.1) is 18.3 Å². The first-order chi connectivity index (χ1) is 9.81. The predicted molar refractivity (Wildman–Crippen MR) is 84.1 cm³/mol. The summed E-state index contributed by atoms with van der Waals surface area (Å²) < 4.78 is 12.4. The van der Waals surface area contributed by atoms with Crippen LogP contribution in [0.2, 0.25) is 0 Å². The van der Waals surface area contributed by atoms with Crippen LogP contribution in [-0.2, 0) is 9.47 Å². The van der Waals surface area contributed by atoms with Crippen molar-refractivity contribution in [3.05, 3.63) is 0 Å². The maximum absolute atomic E-state index is 6.30. The highest BCUT2D eigenvalue weighted by Gasteiger charge is 2.41. The molecule has 4 atom stereocenters. The van der Waals surface area contributed by atoms with Crippen LogP contribution in [0.25, 0.3) is 0 Å². The molecule has 2 N–H and O–H groups in total. The molecule has 3 nitrogen and oxygen atoms in total. The van der Waals surface area contributed by atoms with E-state index in [0.29, 0.717) is 17.9 Å². The zero-order chi connectivity index (χ0) is 13.8. The highest BCUT2D eigenvalue weighted by atomic mass is 32.2. The van der Waals surface area contributed by atoms with Gasteiger partial charge in [-0.3, -0.25) is 0 Å². The maximum Gasteiger partial charge on any atom is 0.0805 e. The quantitative estimate of drug-likeness (QED) is 0.867. The van der Waals surface area contributed by atoms with E-state index in [-0.39, 0.29) is 5.60 Å². The molecule has 1 spiro atoms. The Balaban J connectivity index is 1.47. The minimum Gasteiger partial charge on any atom is -0.378 e. The molecule has 0 aromatic carbocycles. The Morgan fingerprint density at radius 2 is 2.05 bits per heavy atom. The van der Waals surface area contributed by atoms with E-state index in [2.05, 4.69) is 0 Å². The predicted octanol–water partition coefficient (Wildman–Crippen LogP) is 2.82. The molecule has 4 heteroatoms. The van der Waals surface area contributed by atoms with E-state index >= 15 is 0 Å². The fourth-order valence-corrected chi connectivity index (χ4v) is 5.44. The number of rotatable bonds is 4. The smallest absolute Gasteiger partial charge is 0.0805 e. The molecular formula is C16H29NO2S. The average molecular weight is 299 g/mol. The highest BCUT2D eigenvalue weighted by molar-refractivity contribution is 7.99. The number of ether oxygens (including phenoxy) is 2. The summed E-state index contributed by atoms with van der Waals surface area (Å²) in [4.78, 5) is 0. The van der Waals surface area contributed by atoms with Crippen molar-refractivity contribution in [1.29, 1.82) is 0 Å². The van der Waals surface area contributed by atoms with Crippen LogP contribution in [0, 0.1) is 11.8 Å². The number of hydrogen-bond donors (Lipinski definition) is 1. The van der Waals surface area contributed by atoms with Crippen molar-refractivity contribution in [2.45, 2.75) is 56.7 Å². The van der Waals surface area contributed by atoms with Crippen molar-refractivity contribution < 1.29 is 9.47 Å². The zero-order valence-corrected chi connectivity index (χ0v) is 13.3. The summed E-state index contributed by atoms with van der Waals surface area (Å²) in [5.74, 6) is 3.82. The number of hydrogen-bond acceptors (Lipinski definition) is 4. The van der Waals surface area contributed by atoms with E-state index in [1.807, 2.05) is 11.8 Å². The van der Waals surface area contributed by atoms with Crippen molar-refractivity contribution >= 4 is 11.8 Å². The Hall–Kier alpha value is 0.230. The van der Waals surface area contributed by atoms with E-state index in [9.17, 15) is 0 Å². The third-order valence-corrected chi connectivity index (χ3v) is 6.65. The van der Waals surface area contributed by atoms with Gasteiger partial charge in [-0.2, -0.15) is 11.8 Å². The van der Waals surface area contributed by atoms with Crippen molar-refractivity contribution in [1.82, 2.24) is 0 Å². The minimum absolute atomic E-state index is 0.146. The second-order valence-corrected chi connectivity index (χ2v) is 7.93. The van der Waals surface area contributed by atoms with E-state index in [1.165, 1.54) is 43.6 Å². The van der Waals surface area contributed by atoms with Crippen molar-refractivity contribution in [2.24, 2.45) is 17.6 Å². The molecule has 20 heavy (non-hydrogen) atoms. The maximum atomic E-state index is 6.30. The van der Waals surface area contributed by atoms with E-state index in [0.717, 1.165) is 32.6 Å². The summed E-state index contributed by atoms with van der Waals surface area (Å²) in [5, 5.41) is 0. The Kier molecular flexibility index (Phi) is 5.29. The van der Waals surface area contributed by atoms with Gasteiger partial charge in [-0.1, -0.05) is 12.8 Å². The van der Waals surface area contributed by atoms with Gasteiger partial charge < -0.3 is 15.2 Å². The minimum atomic E-state index is 0.146. The Morgan fingerprint density at radius 1 is 1.20 bits per heavy atom. The van der Waals surface area contributed by atoms with Crippen molar-refractivity contribution in [2.75, 3.05) is 31.3 Å². The van der Waals surface area contributed by atoms with Crippen LogP contribution in [0.15, 0.2) is 0 Å². The summed E-state index contributed by atoms with van der Waals surface area (Å²) in [5.41, 5.74) is 6.06. The van der Waals surface area contributed by atoms with E-state index in [1.54, 1.807) is 0 Å². The summed E-state index contributed by atoms with van der Waals surface area (Å²) in [6, 6.07) is 0. The molecule has 1 aliphatic carbocycles. The molecule has 0 radical (unpaired) electrons. The summed E-state index contributed by atoms with van der Waals surface area (Å²) in [7, 11) is 0. The molecule has 0 aromatic rings. The van der Waals surface area contributed by atoms with Gasteiger partial charge in [-0.05, 0) is 49.8 Å². The standard InChI is InChI=1S/C16H29NO2S/c17-10-13-3-1-2-4-14(13)11-18-15-5-7-19-16(9-15)6-8-20-12-16/h13-15H,1-12,17H2. The molecule has 3 fully saturated rings. The molecule has 116 valence electrons. The lowest BCUT2D eigenvalue weighted by atomic mass is 9.79. The second kappa shape index (κ2) is 6.99. The van der Waals surface area contributed by atoms with E-state index in [4.69, 9.17) is 15.2 Å². The molecule has 0 bridgehead atoms. The van der Waals surface area contributed by atoms with Crippen molar-refractivity contribution in [3.8, 4) is 0 Å². The van der Waals surface area contributed by atoms with Crippen LogP contribution in [0.3, 0.4) is 0 Å². The molecule has 3 aliphatic rings. The Labute approximate surface area is 127 Å². The average Bonchev–Trinajstić information content (AvgIpc) is 2.93. The molecule has 0 amide bonds. The molecular weight excluding hydrogens is 270 g/mol. The third kappa shape index (κ3) is 3.52. The lowest BCUT2D eigenvalue weighted by Gasteiger charge is -2.39. The van der Waals surface area contributed by atoms with Gasteiger partial charge in [0.1, 0.15) is 0 Å². The van der Waals surface area contributed by atoms with Crippen LogP contribution >= 0.6 is 11.8 Å². The first-order valence-corrected chi connectivity index (χ1v) is 9.50. The Bertz CT molecular complexity index is 307. The van der Waals surface area contributed by atoms with E-state index < -0.39 is 0 Å². The summed E-state index contributed by atoms with van der Waals surface area (Å²) in [6.45, 7) is 2.65. The molecule has 1 saturated carbocycles. The second-order valence-electron chi connectivity index (χ2n) is 6.82. The first-order valence-electron chi connectivity index (χ1n) is 8.35. The summed E-state index contributed by atoms with van der Waals surface area (Å²) in [6.07, 6.45) is 9.15. The van der Waals surface area contributed by atoms with Crippen LogP contribution in [0.4, 0.5) is 0 Å².